The average molecular weight is 256 g/mol. The summed E-state index contributed by atoms with van der Waals surface area (Å²) >= 11 is 1.06. The number of amides is 2. The molecule has 1 aromatic heterocycles. The second kappa shape index (κ2) is 6.24. The second-order valence-corrected chi connectivity index (χ2v) is 4.71. The van der Waals surface area contributed by atoms with Crippen LogP contribution in [-0.2, 0) is 0 Å². The molecule has 0 aromatic carbocycles. The molecule has 3 N–H and O–H groups in total. The van der Waals surface area contributed by atoms with Crippen LogP contribution in [0.2, 0.25) is 0 Å². The Morgan fingerprint density at radius 3 is 2.71 bits per heavy atom. The van der Waals surface area contributed by atoms with E-state index in [1.807, 2.05) is 6.92 Å². The lowest BCUT2D eigenvalue weighted by Crippen LogP contribution is -2.29. The molecule has 0 saturated carbocycles. The van der Waals surface area contributed by atoms with Gasteiger partial charge in [0.05, 0.1) is 5.00 Å². The molecule has 5 nitrogen and oxygen atoms in total. The van der Waals surface area contributed by atoms with Crippen LogP contribution in [0, 0.1) is 6.92 Å². The van der Waals surface area contributed by atoms with Gasteiger partial charge in [0.15, 0.2) is 0 Å². The van der Waals surface area contributed by atoms with E-state index < -0.39 is 5.97 Å². The molecule has 0 radical (unpaired) electrons. The van der Waals surface area contributed by atoms with Crippen LogP contribution in [0.3, 0.4) is 0 Å². The zero-order valence-electron chi connectivity index (χ0n) is 9.87. The van der Waals surface area contributed by atoms with Crippen molar-refractivity contribution in [3.63, 3.8) is 0 Å². The maximum atomic E-state index is 11.4. The first kappa shape index (κ1) is 13.5. The number of urea groups is 1. The lowest BCUT2D eigenvalue weighted by molar-refractivity contribution is 0.0701. The molecule has 0 spiro atoms. The summed E-state index contributed by atoms with van der Waals surface area (Å²) in [5, 5.41) is 14.7. The summed E-state index contributed by atoms with van der Waals surface area (Å²) in [6.45, 7) is 4.37. The van der Waals surface area contributed by atoms with E-state index in [-0.39, 0.29) is 10.9 Å². The Morgan fingerprint density at radius 2 is 2.18 bits per heavy atom. The fraction of sp³-hybridized carbons (Fsp3) is 0.455. The molecule has 0 fully saturated rings. The van der Waals surface area contributed by atoms with Gasteiger partial charge in [-0.25, -0.2) is 9.59 Å². The number of thiophene rings is 1. The van der Waals surface area contributed by atoms with E-state index in [4.69, 9.17) is 5.11 Å². The van der Waals surface area contributed by atoms with Crippen molar-refractivity contribution in [3.05, 3.63) is 16.5 Å². The third-order valence-electron chi connectivity index (χ3n) is 2.16. The number of aryl methyl sites for hydroxylation is 1. The number of unbranched alkanes of at least 4 members (excludes halogenated alkanes) is 1. The number of carbonyl (C=O) groups excluding carboxylic acids is 1. The van der Waals surface area contributed by atoms with E-state index in [0.717, 1.165) is 24.2 Å². The first-order chi connectivity index (χ1) is 8.04. The van der Waals surface area contributed by atoms with E-state index >= 15 is 0 Å². The number of nitrogens with one attached hydrogen (secondary N) is 2. The highest BCUT2D eigenvalue weighted by Gasteiger charge is 2.13. The average Bonchev–Trinajstić information content (AvgIpc) is 2.60. The quantitative estimate of drug-likeness (QED) is 0.709. The van der Waals surface area contributed by atoms with Crippen LogP contribution in [0.1, 0.15) is 35.0 Å². The fourth-order valence-electron chi connectivity index (χ4n) is 1.29. The lowest BCUT2D eigenvalue weighted by atomic mass is 10.3. The van der Waals surface area contributed by atoms with Crippen molar-refractivity contribution in [1.82, 2.24) is 5.32 Å². The SMILES string of the molecule is CCCCNC(=O)Nc1cc(C)c(C(=O)O)s1. The third kappa shape index (κ3) is 4.07. The molecule has 2 amide bonds. The first-order valence-corrected chi connectivity index (χ1v) is 6.24. The maximum Gasteiger partial charge on any atom is 0.346 e. The van der Waals surface area contributed by atoms with Gasteiger partial charge in [-0.3, -0.25) is 5.32 Å². The Hall–Kier alpha value is -1.56. The van der Waals surface area contributed by atoms with Gasteiger partial charge in [0.2, 0.25) is 0 Å². The van der Waals surface area contributed by atoms with Crippen molar-refractivity contribution < 1.29 is 14.7 Å². The van der Waals surface area contributed by atoms with Gasteiger partial charge in [0.25, 0.3) is 0 Å². The van der Waals surface area contributed by atoms with Gasteiger partial charge >= 0.3 is 12.0 Å². The minimum Gasteiger partial charge on any atom is -0.477 e. The second-order valence-electron chi connectivity index (χ2n) is 3.66. The zero-order chi connectivity index (χ0) is 12.8. The van der Waals surface area contributed by atoms with Gasteiger partial charge in [-0.15, -0.1) is 11.3 Å². The predicted molar refractivity (Wildman–Crippen MR) is 67.9 cm³/mol. The van der Waals surface area contributed by atoms with E-state index in [1.165, 1.54) is 0 Å². The number of carboxylic acid groups (broad SMARTS) is 1. The van der Waals surface area contributed by atoms with Crippen LogP contribution in [0.25, 0.3) is 0 Å². The molecule has 0 atom stereocenters. The van der Waals surface area contributed by atoms with Crippen molar-refractivity contribution in [3.8, 4) is 0 Å². The Labute approximate surface area is 104 Å². The van der Waals surface area contributed by atoms with Crippen LogP contribution in [0.15, 0.2) is 6.07 Å². The zero-order valence-corrected chi connectivity index (χ0v) is 10.7. The van der Waals surface area contributed by atoms with Gasteiger partial charge in [0, 0.05) is 6.54 Å². The van der Waals surface area contributed by atoms with Crippen molar-refractivity contribution in [2.24, 2.45) is 0 Å². The standard InChI is InChI=1S/C11H16N2O3S/c1-3-4-5-12-11(16)13-8-6-7(2)9(17-8)10(14)15/h6H,3-5H2,1-2H3,(H,14,15)(H2,12,13,16). The van der Waals surface area contributed by atoms with E-state index in [1.54, 1.807) is 13.0 Å². The molecule has 0 aliphatic rings. The number of anilines is 1. The molecule has 0 aliphatic heterocycles. The summed E-state index contributed by atoms with van der Waals surface area (Å²) in [4.78, 5) is 22.5. The Kier molecular flexibility index (Phi) is 4.96. The Bertz CT molecular complexity index is 415. The smallest absolute Gasteiger partial charge is 0.346 e. The molecule has 0 bridgehead atoms. The highest BCUT2D eigenvalue weighted by molar-refractivity contribution is 7.18. The highest BCUT2D eigenvalue weighted by atomic mass is 32.1. The van der Waals surface area contributed by atoms with Crippen LogP contribution < -0.4 is 10.6 Å². The molecule has 0 aliphatic carbocycles. The van der Waals surface area contributed by atoms with Crippen LogP contribution >= 0.6 is 11.3 Å². The number of carboxylic acids is 1. The largest absolute Gasteiger partial charge is 0.477 e. The first-order valence-electron chi connectivity index (χ1n) is 5.43. The van der Waals surface area contributed by atoms with Crippen LogP contribution in [0.4, 0.5) is 9.80 Å². The summed E-state index contributed by atoms with van der Waals surface area (Å²) < 4.78 is 0. The molecule has 1 heterocycles. The van der Waals surface area contributed by atoms with E-state index in [2.05, 4.69) is 10.6 Å². The third-order valence-corrected chi connectivity index (χ3v) is 3.31. The molecule has 6 heteroatoms. The molecule has 0 saturated heterocycles. The van der Waals surface area contributed by atoms with Gasteiger partial charge < -0.3 is 10.4 Å². The highest BCUT2D eigenvalue weighted by Crippen LogP contribution is 2.26. The van der Waals surface area contributed by atoms with Crippen molar-refractivity contribution >= 4 is 28.3 Å². The minimum absolute atomic E-state index is 0.258. The number of hydrogen-bond donors (Lipinski definition) is 3. The van der Waals surface area contributed by atoms with E-state index in [0.29, 0.717) is 17.1 Å². The molecule has 17 heavy (non-hydrogen) atoms. The molecule has 1 rings (SSSR count). The van der Waals surface area contributed by atoms with Crippen molar-refractivity contribution in [1.29, 1.82) is 0 Å². The number of rotatable bonds is 5. The van der Waals surface area contributed by atoms with Crippen LogP contribution in [0.5, 0.6) is 0 Å². The normalized spacial score (nSPS) is 10.0. The van der Waals surface area contributed by atoms with Gasteiger partial charge in [-0.2, -0.15) is 0 Å². The maximum absolute atomic E-state index is 11.4. The molecule has 94 valence electrons. The number of aromatic carboxylic acids is 1. The monoisotopic (exact) mass is 256 g/mol. The summed E-state index contributed by atoms with van der Waals surface area (Å²) in [5.74, 6) is -0.966. The minimum atomic E-state index is -0.966. The van der Waals surface area contributed by atoms with Crippen molar-refractivity contribution in [2.75, 3.05) is 11.9 Å². The predicted octanol–water partition coefficient (Wildman–Crippen LogP) is 2.68. The van der Waals surface area contributed by atoms with Gasteiger partial charge in [-0.1, -0.05) is 13.3 Å². The van der Waals surface area contributed by atoms with E-state index in [9.17, 15) is 9.59 Å². The number of hydrogen-bond acceptors (Lipinski definition) is 3. The molecule has 1 aromatic rings. The Morgan fingerprint density at radius 1 is 1.47 bits per heavy atom. The van der Waals surface area contributed by atoms with Gasteiger partial charge in [0.1, 0.15) is 4.88 Å². The summed E-state index contributed by atoms with van der Waals surface area (Å²) in [6.07, 6.45) is 1.94. The topological polar surface area (TPSA) is 78.4 Å². The molecular weight excluding hydrogens is 240 g/mol. The lowest BCUT2D eigenvalue weighted by Gasteiger charge is -2.04. The van der Waals surface area contributed by atoms with Crippen molar-refractivity contribution in [2.45, 2.75) is 26.7 Å². The fourth-order valence-corrected chi connectivity index (χ4v) is 2.20. The summed E-state index contributed by atoms with van der Waals surface area (Å²) in [7, 11) is 0. The number of carbonyl (C=O) groups is 2. The van der Waals surface area contributed by atoms with Gasteiger partial charge in [-0.05, 0) is 25.0 Å². The Balaban J connectivity index is 2.54. The molecule has 0 unspecified atom stereocenters. The summed E-state index contributed by atoms with van der Waals surface area (Å²) in [6, 6.07) is 1.37. The summed E-state index contributed by atoms with van der Waals surface area (Å²) in [5.41, 5.74) is 0.659. The van der Waals surface area contributed by atoms with Crippen LogP contribution in [-0.4, -0.2) is 23.7 Å². The molecular formula is C11H16N2O3S.